The summed E-state index contributed by atoms with van der Waals surface area (Å²) < 4.78 is 2.04. The predicted octanol–water partition coefficient (Wildman–Crippen LogP) is 2.49. The van der Waals surface area contributed by atoms with Crippen LogP contribution >= 0.6 is 0 Å². The van der Waals surface area contributed by atoms with Crippen molar-refractivity contribution in [3.8, 4) is 0 Å². The lowest BCUT2D eigenvalue weighted by atomic mass is 10.1. The molecular formula is C12H23N3. The number of aryl methyl sites for hydroxylation is 2. The summed E-state index contributed by atoms with van der Waals surface area (Å²) in [6.07, 6.45) is 3.28. The highest BCUT2D eigenvalue weighted by Crippen LogP contribution is 2.08. The lowest BCUT2D eigenvalue weighted by molar-refractivity contribution is 0.423. The summed E-state index contributed by atoms with van der Waals surface area (Å²) in [7, 11) is 0. The molecule has 1 aromatic heterocycles. The second-order valence-electron chi connectivity index (χ2n) is 5.11. The Kier molecular flexibility index (Phi) is 3.91. The minimum absolute atomic E-state index is 0.166. The minimum atomic E-state index is 0.166. The fourth-order valence-corrected chi connectivity index (χ4v) is 1.44. The summed E-state index contributed by atoms with van der Waals surface area (Å²) in [5, 5.41) is 7.96. The molecule has 15 heavy (non-hydrogen) atoms. The Morgan fingerprint density at radius 3 is 2.60 bits per heavy atom. The van der Waals surface area contributed by atoms with Gasteiger partial charge in [0.25, 0.3) is 0 Å². The van der Waals surface area contributed by atoms with Crippen LogP contribution in [-0.2, 0) is 13.1 Å². The molecule has 0 aliphatic heterocycles. The second-order valence-corrected chi connectivity index (χ2v) is 5.11. The summed E-state index contributed by atoms with van der Waals surface area (Å²) in [6.45, 7) is 12.7. The molecule has 0 saturated carbocycles. The van der Waals surface area contributed by atoms with Gasteiger partial charge in [0.2, 0.25) is 0 Å². The van der Waals surface area contributed by atoms with Crippen molar-refractivity contribution in [3.63, 3.8) is 0 Å². The Hall–Kier alpha value is -0.830. The van der Waals surface area contributed by atoms with Crippen LogP contribution in [0.3, 0.4) is 0 Å². The van der Waals surface area contributed by atoms with Crippen LogP contribution < -0.4 is 5.32 Å². The maximum absolute atomic E-state index is 4.48. The van der Waals surface area contributed by atoms with E-state index in [1.165, 1.54) is 5.56 Å². The number of rotatable bonds is 4. The normalized spacial score (nSPS) is 12.1. The highest BCUT2D eigenvalue weighted by atomic mass is 15.3. The van der Waals surface area contributed by atoms with Gasteiger partial charge in [-0.15, -0.1) is 0 Å². The largest absolute Gasteiger partial charge is 0.308 e. The van der Waals surface area contributed by atoms with Crippen LogP contribution in [-0.4, -0.2) is 15.3 Å². The number of nitrogens with zero attached hydrogens (tertiary/aromatic N) is 2. The monoisotopic (exact) mass is 209 g/mol. The van der Waals surface area contributed by atoms with Crippen molar-refractivity contribution in [1.82, 2.24) is 15.1 Å². The molecule has 0 amide bonds. The third kappa shape index (κ3) is 4.04. The molecule has 0 atom stereocenters. The first-order chi connectivity index (χ1) is 6.92. The Balaban J connectivity index is 2.61. The van der Waals surface area contributed by atoms with Crippen molar-refractivity contribution in [3.05, 3.63) is 17.5 Å². The number of hydrogen-bond acceptors (Lipinski definition) is 2. The molecule has 0 aliphatic carbocycles. The molecule has 0 bridgehead atoms. The smallest absolute Gasteiger partial charge is 0.0638 e. The van der Waals surface area contributed by atoms with Crippen LogP contribution in [0.1, 0.15) is 45.4 Å². The second kappa shape index (κ2) is 4.79. The van der Waals surface area contributed by atoms with Gasteiger partial charge in [-0.25, -0.2) is 0 Å². The molecule has 0 saturated heterocycles. The Morgan fingerprint density at radius 1 is 1.40 bits per heavy atom. The van der Waals surface area contributed by atoms with E-state index >= 15 is 0 Å². The van der Waals surface area contributed by atoms with Crippen molar-refractivity contribution < 1.29 is 0 Å². The van der Waals surface area contributed by atoms with Gasteiger partial charge < -0.3 is 5.32 Å². The standard InChI is InChI=1S/C12H23N3/c1-6-7-15-9-11(10(2)14-15)8-13-12(3,4)5/h9,13H,6-8H2,1-5H3. The van der Waals surface area contributed by atoms with Gasteiger partial charge >= 0.3 is 0 Å². The van der Waals surface area contributed by atoms with Crippen LogP contribution in [0.4, 0.5) is 0 Å². The summed E-state index contributed by atoms with van der Waals surface area (Å²) >= 11 is 0. The summed E-state index contributed by atoms with van der Waals surface area (Å²) in [5.74, 6) is 0. The van der Waals surface area contributed by atoms with E-state index in [-0.39, 0.29) is 5.54 Å². The lowest BCUT2D eigenvalue weighted by Gasteiger charge is -2.20. The molecule has 1 rings (SSSR count). The quantitative estimate of drug-likeness (QED) is 0.825. The molecule has 0 radical (unpaired) electrons. The lowest BCUT2D eigenvalue weighted by Crippen LogP contribution is -2.35. The van der Waals surface area contributed by atoms with Crippen molar-refractivity contribution in [1.29, 1.82) is 0 Å². The average molecular weight is 209 g/mol. The summed E-state index contributed by atoms with van der Waals surface area (Å²) in [5.41, 5.74) is 2.61. The zero-order valence-electron chi connectivity index (χ0n) is 10.6. The molecule has 3 nitrogen and oxygen atoms in total. The van der Waals surface area contributed by atoms with E-state index in [2.05, 4.69) is 51.2 Å². The van der Waals surface area contributed by atoms with E-state index < -0.39 is 0 Å². The molecule has 1 aromatic rings. The van der Waals surface area contributed by atoms with Crippen LogP contribution in [0, 0.1) is 6.92 Å². The van der Waals surface area contributed by atoms with Crippen molar-refractivity contribution >= 4 is 0 Å². The SMILES string of the molecule is CCCn1cc(CNC(C)(C)C)c(C)n1. The predicted molar refractivity (Wildman–Crippen MR) is 63.8 cm³/mol. The van der Waals surface area contributed by atoms with E-state index in [1.54, 1.807) is 0 Å². The maximum atomic E-state index is 4.48. The van der Waals surface area contributed by atoms with Gasteiger partial charge in [-0.1, -0.05) is 6.92 Å². The molecule has 1 N–H and O–H groups in total. The summed E-state index contributed by atoms with van der Waals surface area (Å²) in [6, 6.07) is 0. The van der Waals surface area contributed by atoms with Gasteiger partial charge in [0.15, 0.2) is 0 Å². The Labute approximate surface area is 92.9 Å². The Morgan fingerprint density at radius 2 is 2.07 bits per heavy atom. The molecule has 0 fully saturated rings. The molecule has 1 heterocycles. The van der Waals surface area contributed by atoms with E-state index in [0.717, 1.165) is 25.2 Å². The topological polar surface area (TPSA) is 29.9 Å². The third-order valence-electron chi connectivity index (χ3n) is 2.31. The van der Waals surface area contributed by atoms with Crippen LogP contribution in [0.5, 0.6) is 0 Å². The van der Waals surface area contributed by atoms with Crippen LogP contribution in [0.15, 0.2) is 6.20 Å². The van der Waals surface area contributed by atoms with Gasteiger partial charge in [-0.2, -0.15) is 5.10 Å². The molecule has 3 heteroatoms. The molecule has 0 aromatic carbocycles. The highest BCUT2D eigenvalue weighted by Gasteiger charge is 2.11. The van der Waals surface area contributed by atoms with Crippen molar-refractivity contribution in [2.75, 3.05) is 0 Å². The fraction of sp³-hybridized carbons (Fsp3) is 0.750. The van der Waals surface area contributed by atoms with Gasteiger partial charge in [0.1, 0.15) is 0 Å². The van der Waals surface area contributed by atoms with E-state index in [0.29, 0.717) is 0 Å². The van der Waals surface area contributed by atoms with Crippen LogP contribution in [0.25, 0.3) is 0 Å². The van der Waals surface area contributed by atoms with Gasteiger partial charge in [-0.3, -0.25) is 4.68 Å². The van der Waals surface area contributed by atoms with Crippen molar-refractivity contribution in [2.24, 2.45) is 0 Å². The zero-order valence-corrected chi connectivity index (χ0v) is 10.6. The average Bonchev–Trinajstić information content (AvgIpc) is 2.42. The first kappa shape index (κ1) is 12.2. The Bertz CT molecular complexity index is 307. The maximum Gasteiger partial charge on any atom is 0.0638 e. The van der Waals surface area contributed by atoms with Gasteiger partial charge in [0, 0.05) is 30.4 Å². The summed E-state index contributed by atoms with van der Waals surface area (Å²) in [4.78, 5) is 0. The molecular weight excluding hydrogens is 186 g/mol. The third-order valence-corrected chi connectivity index (χ3v) is 2.31. The van der Waals surface area contributed by atoms with E-state index in [4.69, 9.17) is 0 Å². The number of aromatic nitrogens is 2. The first-order valence-corrected chi connectivity index (χ1v) is 5.70. The molecule has 0 unspecified atom stereocenters. The molecule has 0 aliphatic rings. The van der Waals surface area contributed by atoms with Gasteiger partial charge in [-0.05, 0) is 34.1 Å². The van der Waals surface area contributed by atoms with E-state index in [1.807, 2.05) is 4.68 Å². The minimum Gasteiger partial charge on any atom is -0.308 e. The zero-order chi connectivity index (χ0) is 11.5. The van der Waals surface area contributed by atoms with Crippen LogP contribution in [0.2, 0.25) is 0 Å². The van der Waals surface area contributed by atoms with Gasteiger partial charge in [0.05, 0.1) is 5.69 Å². The number of nitrogens with one attached hydrogen (secondary N) is 1. The van der Waals surface area contributed by atoms with Crippen molar-refractivity contribution in [2.45, 2.75) is 59.7 Å². The number of hydrogen-bond donors (Lipinski definition) is 1. The first-order valence-electron chi connectivity index (χ1n) is 5.70. The molecule has 0 spiro atoms. The van der Waals surface area contributed by atoms with E-state index in [9.17, 15) is 0 Å². The molecule has 86 valence electrons. The highest BCUT2D eigenvalue weighted by molar-refractivity contribution is 5.15. The fourth-order valence-electron chi connectivity index (χ4n) is 1.44.